The van der Waals surface area contributed by atoms with Gasteiger partial charge in [-0.1, -0.05) is 80.6 Å². The van der Waals surface area contributed by atoms with Crippen LogP contribution in [0.2, 0.25) is 0 Å². The summed E-state index contributed by atoms with van der Waals surface area (Å²) in [5, 5.41) is 6.23. The lowest BCUT2D eigenvalue weighted by atomic mass is 9.98. The minimum Gasteiger partial charge on any atom is -0.313 e. The van der Waals surface area contributed by atoms with Crippen LogP contribution in [0.5, 0.6) is 0 Å². The molecule has 3 nitrogen and oxygen atoms in total. The average Bonchev–Trinajstić information content (AvgIpc) is 3.13. The van der Waals surface area contributed by atoms with E-state index < -0.39 is 0 Å². The predicted molar refractivity (Wildman–Crippen MR) is 108 cm³/mol. The van der Waals surface area contributed by atoms with Gasteiger partial charge in [0.15, 0.2) is 0 Å². The van der Waals surface area contributed by atoms with Crippen molar-refractivity contribution in [2.75, 3.05) is 0 Å². The third kappa shape index (κ3) is 4.72. The second-order valence-corrected chi connectivity index (χ2v) is 7.28. The molecule has 0 spiro atoms. The van der Waals surface area contributed by atoms with Gasteiger partial charge in [0, 0.05) is 5.92 Å². The second kappa shape index (κ2) is 9.51. The Balaban J connectivity index is 1.60. The average molecular weight is 351 g/mol. The molecule has 0 saturated heterocycles. The Hall–Kier alpha value is -2.16. The van der Waals surface area contributed by atoms with Crippen molar-refractivity contribution in [3.8, 4) is 0 Å². The molecule has 0 amide bonds. The summed E-state index contributed by atoms with van der Waals surface area (Å²) in [4.78, 5) is 17.9. The fourth-order valence-electron chi connectivity index (χ4n) is 3.88. The number of benzene rings is 2. The highest BCUT2D eigenvalue weighted by molar-refractivity contribution is 6.04. The number of fused-ring (bicyclic) bond motifs is 1. The zero-order valence-electron chi connectivity index (χ0n) is 15.7. The quantitative estimate of drug-likeness (QED) is 0.309. The number of rotatable bonds is 8. The summed E-state index contributed by atoms with van der Waals surface area (Å²) >= 11 is 0. The first kappa shape index (κ1) is 18.6. The molecule has 0 bridgehead atoms. The molecular weight excluding hydrogens is 322 g/mol. The van der Waals surface area contributed by atoms with E-state index in [0.717, 1.165) is 29.3 Å². The Morgan fingerprint density at radius 1 is 1.08 bits per heavy atom. The van der Waals surface area contributed by atoms with Crippen molar-refractivity contribution in [2.45, 2.75) is 64.7 Å². The molecule has 0 N–H and O–H groups in total. The predicted octanol–water partition coefficient (Wildman–Crippen LogP) is 6.51. The molecular formula is C23H29NO2. The van der Waals surface area contributed by atoms with Crippen LogP contribution in [-0.4, -0.2) is 11.7 Å². The number of unbranched alkanes of at least 4 members (excludes halogenated alkanes) is 4. The SMILES string of the molecule is CCCCCCC[C@@H]1CCC/C1=N\OC(=O)c1cccc2ccccc12. The van der Waals surface area contributed by atoms with Gasteiger partial charge in [0.25, 0.3) is 0 Å². The Morgan fingerprint density at radius 2 is 1.88 bits per heavy atom. The Morgan fingerprint density at radius 3 is 2.77 bits per heavy atom. The van der Waals surface area contributed by atoms with Crippen molar-refractivity contribution >= 4 is 22.5 Å². The summed E-state index contributed by atoms with van der Waals surface area (Å²) in [6.07, 6.45) is 11.0. The number of carbonyl (C=O) groups excluding carboxylic acids is 1. The second-order valence-electron chi connectivity index (χ2n) is 7.28. The van der Waals surface area contributed by atoms with E-state index in [2.05, 4.69) is 12.1 Å². The van der Waals surface area contributed by atoms with Gasteiger partial charge in [0.2, 0.25) is 0 Å². The molecule has 1 fully saturated rings. The molecule has 2 aromatic carbocycles. The van der Waals surface area contributed by atoms with Gasteiger partial charge in [-0.3, -0.25) is 0 Å². The highest BCUT2D eigenvalue weighted by atomic mass is 16.7. The molecule has 0 heterocycles. The molecule has 1 aliphatic rings. The van der Waals surface area contributed by atoms with Gasteiger partial charge in [-0.25, -0.2) is 4.79 Å². The van der Waals surface area contributed by atoms with E-state index in [0.29, 0.717) is 11.5 Å². The van der Waals surface area contributed by atoms with Crippen molar-refractivity contribution in [3.63, 3.8) is 0 Å². The van der Waals surface area contributed by atoms with E-state index in [9.17, 15) is 4.79 Å². The van der Waals surface area contributed by atoms with Gasteiger partial charge < -0.3 is 4.84 Å². The monoisotopic (exact) mass is 351 g/mol. The Kier molecular flexibility index (Phi) is 6.82. The molecule has 138 valence electrons. The molecule has 26 heavy (non-hydrogen) atoms. The van der Waals surface area contributed by atoms with Crippen LogP contribution in [0.25, 0.3) is 10.8 Å². The summed E-state index contributed by atoms with van der Waals surface area (Å²) in [6.45, 7) is 2.24. The molecule has 0 unspecified atom stereocenters. The maximum Gasteiger partial charge on any atom is 0.366 e. The van der Waals surface area contributed by atoms with Crippen LogP contribution in [0.1, 0.15) is 75.1 Å². The first-order valence-electron chi connectivity index (χ1n) is 10.1. The molecule has 2 aromatic rings. The van der Waals surface area contributed by atoms with E-state index in [1.54, 1.807) is 0 Å². The van der Waals surface area contributed by atoms with E-state index in [4.69, 9.17) is 4.84 Å². The van der Waals surface area contributed by atoms with Crippen molar-refractivity contribution < 1.29 is 9.63 Å². The Labute approximate surface area is 156 Å². The number of hydrogen-bond acceptors (Lipinski definition) is 3. The van der Waals surface area contributed by atoms with Crippen LogP contribution in [-0.2, 0) is 4.84 Å². The first-order chi connectivity index (χ1) is 12.8. The topological polar surface area (TPSA) is 38.7 Å². The molecule has 0 radical (unpaired) electrons. The summed E-state index contributed by atoms with van der Waals surface area (Å²) in [5.74, 6) is 0.139. The van der Waals surface area contributed by atoms with Crippen molar-refractivity contribution in [1.82, 2.24) is 0 Å². The van der Waals surface area contributed by atoms with E-state index in [1.807, 2.05) is 42.5 Å². The van der Waals surface area contributed by atoms with Crippen molar-refractivity contribution in [1.29, 1.82) is 0 Å². The maximum absolute atomic E-state index is 12.5. The molecule has 1 atom stereocenters. The van der Waals surface area contributed by atoms with Crippen LogP contribution in [0.3, 0.4) is 0 Å². The highest BCUT2D eigenvalue weighted by Crippen LogP contribution is 2.28. The van der Waals surface area contributed by atoms with E-state index >= 15 is 0 Å². The zero-order chi connectivity index (χ0) is 18.2. The first-order valence-corrected chi connectivity index (χ1v) is 10.1. The smallest absolute Gasteiger partial charge is 0.313 e. The van der Waals surface area contributed by atoms with Gasteiger partial charge >= 0.3 is 5.97 Å². The Bertz CT molecular complexity index is 760. The normalized spacial score (nSPS) is 18.5. The van der Waals surface area contributed by atoms with Crippen molar-refractivity contribution in [3.05, 3.63) is 48.0 Å². The van der Waals surface area contributed by atoms with E-state index in [-0.39, 0.29) is 5.97 Å². The largest absolute Gasteiger partial charge is 0.366 e. The standard InChI is InChI=1S/C23H29NO2/c1-2-3-4-5-6-12-19-14-10-17-22(19)24-26-23(25)21-16-9-13-18-11-7-8-15-20(18)21/h7-9,11,13,15-16,19H,2-6,10,12,14,17H2,1H3/b24-22+/t19-/m1/s1. The third-order valence-electron chi connectivity index (χ3n) is 5.37. The molecule has 0 aromatic heterocycles. The fraction of sp³-hybridized carbons (Fsp3) is 0.478. The summed E-state index contributed by atoms with van der Waals surface area (Å²) in [7, 11) is 0. The lowest BCUT2D eigenvalue weighted by molar-refractivity contribution is 0.0516. The molecule has 1 saturated carbocycles. The van der Waals surface area contributed by atoms with Crippen LogP contribution in [0, 0.1) is 5.92 Å². The molecule has 3 rings (SSSR count). The van der Waals surface area contributed by atoms with Gasteiger partial charge in [0.05, 0.1) is 11.3 Å². The number of nitrogens with zero attached hydrogens (tertiary/aromatic N) is 1. The van der Waals surface area contributed by atoms with Gasteiger partial charge in [-0.05, 0) is 42.5 Å². The third-order valence-corrected chi connectivity index (χ3v) is 5.37. The summed E-state index contributed by atoms with van der Waals surface area (Å²) < 4.78 is 0. The minimum absolute atomic E-state index is 0.358. The summed E-state index contributed by atoms with van der Waals surface area (Å²) in [6, 6.07) is 13.6. The van der Waals surface area contributed by atoms with Crippen molar-refractivity contribution in [2.24, 2.45) is 11.1 Å². The number of carbonyl (C=O) groups is 1. The lowest BCUT2D eigenvalue weighted by Gasteiger charge is -2.10. The molecule has 3 heteroatoms. The number of oxime groups is 1. The summed E-state index contributed by atoms with van der Waals surface area (Å²) in [5.41, 5.74) is 1.66. The van der Waals surface area contributed by atoms with Gasteiger partial charge in [-0.2, -0.15) is 0 Å². The van der Waals surface area contributed by atoms with Crippen LogP contribution < -0.4 is 0 Å². The lowest BCUT2D eigenvalue weighted by Crippen LogP contribution is -2.10. The highest BCUT2D eigenvalue weighted by Gasteiger charge is 2.23. The van der Waals surface area contributed by atoms with Gasteiger partial charge in [0.1, 0.15) is 0 Å². The van der Waals surface area contributed by atoms with Gasteiger partial charge in [-0.15, -0.1) is 0 Å². The molecule has 1 aliphatic carbocycles. The zero-order valence-corrected chi connectivity index (χ0v) is 15.7. The van der Waals surface area contributed by atoms with Crippen LogP contribution >= 0.6 is 0 Å². The molecule has 0 aliphatic heterocycles. The fourth-order valence-corrected chi connectivity index (χ4v) is 3.88. The van der Waals surface area contributed by atoms with E-state index in [1.165, 1.54) is 44.9 Å². The maximum atomic E-state index is 12.5. The van der Waals surface area contributed by atoms with Crippen LogP contribution in [0.15, 0.2) is 47.6 Å². The number of hydrogen-bond donors (Lipinski definition) is 0. The van der Waals surface area contributed by atoms with Crippen LogP contribution in [0.4, 0.5) is 0 Å². The minimum atomic E-state index is -0.358.